The molecular formula is C17H15O6P. The minimum absolute atomic E-state index is 0.361. The molecule has 124 valence electrons. The molecule has 0 aliphatic carbocycles. The SMILES string of the molecule is O=C(O)CC(CP1(=O)Oc2ccccc2-c2ccccc21)C(=O)O. The summed E-state index contributed by atoms with van der Waals surface area (Å²) in [6, 6.07) is 14.0. The summed E-state index contributed by atoms with van der Waals surface area (Å²) in [4.78, 5) is 22.3. The maximum absolute atomic E-state index is 13.4. The standard InChI is InChI=1S/C17H15O6P/c18-16(19)9-11(17(20)21)10-24(22)15-8-4-2-6-13(15)12-5-1-3-7-14(12)23-24/h1-8,11H,9-10H2,(H,18,19)(H,20,21). The average molecular weight is 346 g/mol. The fraction of sp³-hybridized carbons (Fsp3) is 0.176. The number of para-hydroxylation sites is 1. The summed E-state index contributed by atoms with van der Waals surface area (Å²) in [5, 5.41) is 18.6. The van der Waals surface area contributed by atoms with Crippen LogP contribution in [0, 0.1) is 5.92 Å². The number of hydrogen-bond acceptors (Lipinski definition) is 4. The Morgan fingerprint density at radius 3 is 2.29 bits per heavy atom. The van der Waals surface area contributed by atoms with Crippen LogP contribution in [0.15, 0.2) is 48.5 Å². The minimum atomic E-state index is -3.55. The van der Waals surface area contributed by atoms with E-state index in [1.54, 1.807) is 36.4 Å². The Bertz CT molecular complexity index is 860. The zero-order valence-corrected chi connectivity index (χ0v) is 13.5. The minimum Gasteiger partial charge on any atom is -0.481 e. The second-order valence-corrected chi connectivity index (χ2v) is 7.97. The molecule has 0 saturated carbocycles. The molecule has 0 radical (unpaired) electrons. The number of rotatable bonds is 5. The van der Waals surface area contributed by atoms with Crippen LogP contribution in [0.25, 0.3) is 11.1 Å². The molecular weight excluding hydrogens is 331 g/mol. The monoisotopic (exact) mass is 346 g/mol. The Morgan fingerprint density at radius 2 is 1.62 bits per heavy atom. The van der Waals surface area contributed by atoms with Crippen molar-refractivity contribution in [2.75, 3.05) is 6.16 Å². The molecule has 0 saturated heterocycles. The zero-order valence-electron chi connectivity index (χ0n) is 12.6. The van der Waals surface area contributed by atoms with Gasteiger partial charge in [0.2, 0.25) is 0 Å². The van der Waals surface area contributed by atoms with E-state index in [0.29, 0.717) is 11.1 Å². The van der Waals surface area contributed by atoms with E-state index in [1.165, 1.54) is 0 Å². The first kappa shape index (κ1) is 16.3. The molecule has 0 fully saturated rings. The fourth-order valence-corrected chi connectivity index (χ4v) is 5.43. The van der Waals surface area contributed by atoms with Gasteiger partial charge in [-0.05, 0) is 17.7 Å². The van der Waals surface area contributed by atoms with Crippen LogP contribution in [-0.2, 0) is 14.2 Å². The van der Waals surface area contributed by atoms with Gasteiger partial charge in [-0.3, -0.25) is 14.2 Å². The molecule has 1 heterocycles. The summed E-state index contributed by atoms with van der Waals surface area (Å²) < 4.78 is 19.1. The third-order valence-electron chi connectivity index (χ3n) is 3.93. The lowest BCUT2D eigenvalue weighted by atomic mass is 10.0. The van der Waals surface area contributed by atoms with Crippen molar-refractivity contribution in [3.63, 3.8) is 0 Å². The molecule has 6 nitrogen and oxygen atoms in total. The highest BCUT2D eigenvalue weighted by Gasteiger charge is 2.40. The maximum Gasteiger partial charge on any atom is 0.307 e. The van der Waals surface area contributed by atoms with Crippen LogP contribution < -0.4 is 9.83 Å². The molecule has 2 N–H and O–H groups in total. The summed E-state index contributed by atoms with van der Waals surface area (Å²) in [6.45, 7) is 0. The van der Waals surface area contributed by atoms with Crippen LogP contribution in [0.2, 0.25) is 0 Å². The number of benzene rings is 2. The van der Waals surface area contributed by atoms with E-state index in [1.807, 2.05) is 12.1 Å². The normalized spacial score (nSPS) is 19.5. The molecule has 0 amide bonds. The van der Waals surface area contributed by atoms with Gasteiger partial charge in [-0.1, -0.05) is 36.4 Å². The zero-order chi connectivity index (χ0) is 17.3. The first-order valence-corrected chi connectivity index (χ1v) is 9.14. The van der Waals surface area contributed by atoms with Crippen molar-refractivity contribution in [2.45, 2.75) is 6.42 Å². The second kappa shape index (κ2) is 6.13. The summed E-state index contributed by atoms with van der Waals surface area (Å²) in [6.07, 6.45) is -0.966. The quantitative estimate of drug-likeness (QED) is 0.808. The highest BCUT2D eigenvalue weighted by molar-refractivity contribution is 7.67. The molecule has 1 aliphatic rings. The Hall–Kier alpha value is -2.59. The predicted octanol–water partition coefficient (Wildman–Crippen LogP) is 2.82. The van der Waals surface area contributed by atoms with Gasteiger partial charge in [-0.25, -0.2) is 0 Å². The molecule has 0 aromatic heterocycles. The van der Waals surface area contributed by atoms with Gasteiger partial charge in [0.05, 0.1) is 23.8 Å². The number of carbonyl (C=O) groups is 2. The number of aliphatic carboxylic acids is 2. The van der Waals surface area contributed by atoms with Crippen LogP contribution in [-0.4, -0.2) is 28.3 Å². The van der Waals surface area contributed by atoms with Gasteiger partial charge >= 0.3 is 11.9 Å². The Kier molecular flexibility index (Phi) is 4.16. The number of hydrogen-bond donors (Lipinski definition) is 2. The smallest absolute Gasteiger partial charge is 0.307 e. The number of carboxylic acid groups (broad SMARTS) is 2. The van der Waals surface area contributed by atoms with Gasteiger partial charge in [-0.15, -0.1) is 0 Å². The van der Waals surface area contributed by atoms with Crippen molar-refractivity contribution in [1.29, 1.82) is 0 Å². The largest absolute Gasteiger partial charge is 0.481 e. The second-order valence-electron chi connectivity index (χ2n) is 5.59. The van der Waals surface area contributed by atoms with Crippen LogP contribution in [0.4, 0.5) is 0 Å². The molecule has 2 aromatic carbocycles. The number of fused-ring (bicyclic) bond motifs is 3. The van der Waals surface area contributed by atoms with Gasteiger partial charge in [0.25, 0.3) is 7.37 Å². The van der Waals surface area contributed by atoms with E-state index >= 15 is 0 Å². The molecule has 1 aliphatic heterocycles. The molecule has 7 heteroatoms. The third-order valence-corrected chi connectivity index (χ3v) is 6.46. The molecule has 24 heavy (non-hydrogen) atoms. The molecule has 0 bridgehead atoms. The summed E-state index contributed by atoms with van der Waals surface area (Å²) in [5.74, 6) is -3.42. The van der Waals surface area contributed by atoms with Crippen molar-refractivity contribution < 1.29 is 28.9 Å². The average Bonchev–Trinajstić information content (AvgIpc) is 2.54. The highest BCUT2D eigenvalue weighted by Crippen LogP contribution is 2.55. The fourth-order valence-electron chi connectivity index (χ4n) is 2.84. The molecule has 0 spiro atoms. The van der Waals surface area contributed by atoms with Crippen molar-refractivity contribution in [2.24, 2.45) is 5.92 Å². The maximum atomic E-state index is 13.4. The molecule has 2 aromatic rings. The van der Waals surface area contributed by atoms with Crippen LogP contribution in [0.1, 0.15) is 6.42 Å². The van der Waals surface area contributed by atoms with Gasteiger partial charge in [0.15, 0.2) is 0 Å². The number of carboxylic acids is 2. The lowest BCUT2D eigenvalue weighted by Crippen LogP contribution is -2.28. The van der Waals surface area contributed by atoms with E-state index in [9.17, 15) is 19.3 Å². The van der Waals surface area contributed by atoms with Crippen molar-refractivity contribution >= 4 is 24.6 Å². The lowest BCUT2D eigenvalue weighted by molar-refractivity contribution is -0.147. The summed E-state index contributed by atoms with van der Waals surface area (Å²) >= 11 is 0. The van der Waals surface area contributed by atoms with E-state index in [2.05, 4.69) is 0 Å². The Labute approximate surface area is 138 Å². The third kappa shape index (κ3) is 2.93. The topological polar surface area (TPSA) is 101 Å². The van der Waals surface area contributed by atoms with Crippen LogP contribution >= 0.6 is 7.37 Å². The van der Waals surface area contributed by atoms with Gasteiger partial charge in [-0.2, -0.15) is 0 Å². The summed E-state index contributed by atoms with van der Waals surface area (Å²) in [7, 11) is -3.55. The Morgan fingerprint density at radius 1 is 1.00 bits per heavy atom. The first-order valence-electron chi connectivity index (χ1n) is 7.33. The van der Waals surface area contributed by atoms with Crippen molar-refractivity contribution in [3.8, 4) is 16.9 Å². The van der Waals surface area contributed by atoms with Crippen LogP contribution in [0.3, 0.4) is 0 Å². The van der Waals surface area contributed by atoms with E-state index in [0.717, 1.165) is 11.1 Å². The van der Waals surface area contributed by atoms with Crippen molar-refractivity contribution in [3.05, 3.63) is 48.5 Å². The van der Waals surface area contributed by atoms with Crippen molar-refractivity contribution in [1.82, 2.24) is 0 Å². The molecule has 2 atom stereocenters. The van der Waals surface area contributed by atoms with E-state index < -0.39 is 31.6 Å². The van der Waals surface area contributed by atoms with E-state index in [-0.39, 0.29) is 6.16 Å². The molecule has 3 rings (SSSR count). The molecule has 2 unspecified atom stereocenters. The lowest BCUT2D eigenvalue weighted by Gasteiger charge is -2.29. The summed E-state index contributed by atoms with van der Waals surface area (Å²) in [5.41, 5.74) is 1.51. The first-order chi connectivity index (χ1) is 11.4. The van der Waals surface area contributed by atoms with Gasteiger partial charge in [0.1, 0.15) is 5.75 Å². The predicted molar refractivity (Wildman–Crippen MR) is 88.0 cm³/mol. The van der Waals surface area contributed by atoms with Gasteiger partial charge in [0, 0.05) is 5.56 Å². The van der Waals surface area contributed by atoms with E-state index in [4.69, 9.17) is 9.63 Å². The highest BCUT2D eigenvalue weighted by atomic mass is 31.2. The van der Waals surface area contributed by atoms with Crippen LogP contribution in [0.5, 0.6) is 5.75 Å². The van der Waals surface area contributed by atoms with Gasteiger partial charge < -0.3 is 14.7 Å². The Balaban J connectivity index is 2.06.